The maximum absolute atomic E-state index is 13.3. The van der Waals surface area contributed by atoms with E-state index in [1.807, 2.05) is 6.92 Å². The van der Waals surface area contributed by atoms with E-state index in [-0.39, 0.29) is 47.8 Å². The Morgan fingerprint density at radius 3 is 2.65 bits per heavy atom. The predicted molar refractivity (Wildman–Crippen MR) is 124 cm³/mol. The first-order valence-electron chi connectivity index (χ1n) is 13.2. The number of hydrogen-bond donors (Lipinski definition) is 2. The van der Waals surface area contributed by atoms with E-state index in [1.54, 1.807) is 12.2 Å². The number of aliphatic hydroxyl groups is 2. The fourth-order valence-electron chi connectivity index (χ4n) is 9.69. The summed E-state index contributed by atoms with van der Waals surface area (Å²) in [7, 11) is 0. The van der Waals surface area contributed by atoms with Crippen LogP contribution < -0.4 is 0 Å². The molecule has 0 bridgehead atoms. The zero-order valence-corrected chi connectivity index (χ0v) is 20.8. The Hall–Kier alpha value is -1.50. The second kappa shape index (κ2) is 7.27. The lowest BCUT2D eigenvalue weighted by molar-refractivity contribution is -0.155. The number of carbonyl (C=O) groups excluding carboxylic acids is 2. The molecule has 0 aromatic carbocycles. The molecule has 0 aromatic heterocycles. The van der Waals surface area contributed by atoms with Gasteiger partial charge in [0, 0.05) is 6.42 Å². The summed E-state index contributed by atoms with van der Waals surface area (Å²) in [5.74, 6) is 1.61. The van der Waals surface area contributed by atoms with Gasteiger partial charge in [-0.3, -0.25) is 4.79 Å². The van der Waals surface area contributed by atoms with Crippen LogP contribution in [-0.4, -0.2) is 52.5 Å². The molecule has 2 aliphatic heterocycles. The molecule has 6 nitrogen and oxygen atoms in total. The van der Waals surface area contributed by atoms with E-state index >= 15 is 0 Å². The van der Waals surface area contributed by atoms with Gasteiger partial charge in [-0.15, -0.1) is 0 Å². The summed E-state index contributed by atoms with van der Waals surface area (Å²) in [5.41, 5.74) is 0.129. The Balaban J connectivity index is 1.27. The molecular weight excluding hydrogens is 432 g/mol. The smallest absolute Gasteiger partial charge is 0.336 e. The molecule has 0 aromatic rings. The van der Waals surface area contributed by atoms with E-state index in [9.17, 15) is 19.8 Å². The summed E-state index contributed by atoms with van der Waals surface area (Å²) in [6, 6.07) is 0. The quantitative estimate of drug-likeness (QED) is 0.485. The highest BCUT2D eigenvalue weighted by Gasteiger charge is 2.80. The van der Waals surface area contributed by atoms with Crippen molar-refractivity contribution in [2.45, 2.75) is 90.1 Å². The van der Waals surface area contributed by atoms with Crippen LogP contribution in [0, 0.1) is 40.4 Å². The van der Waals surface area contributed by atoms with Crippen molar-refractivity contribution in [3.63, 3.8) is 0 Å². The Bertz CT molecular complexity index is 999. The highest BCUT2D eigenvalue weighted by atomic mass is 16.6. The molecule has 11 atom stereocenters. The molecule has 2 heterocycles. The molecular formula is C28H38O6. The van der Waals surface area contributed by atoms with Gasteiger partial charge in [0.2, 0.25) is 0 Å². The van der Waals surface area contributed by atoms with Crippen molar-refractivity contribution in [2.24, 2.45) is 40.4 Å². The van der Waals surface area contributed by atoms with Gasteiger partial charge in [-0.2, -0.15) is 0 Å². The maximum atomic E-state index is 13.3. The van der Waals surface area contributed by atoms with E-state index in [1.165, 1.54) is 0 Å². The number of rotatable bonds is 3. The summed E-state index contributed by atoms with van der Waals surface area (Å²) in [5, 5.41) is 20.4. The monoisotopic (exact) mass is 470 g/mol. The number of ketones is 1. The zero-order chi connectivity index (χ0) is 24.2. The second-order valence-electron chi connectivity index (χ2n) is 12.5. The number of carbonyl (C=O) groups is 2. The van der Waals surface area contributed by atoms with Crippen LogP contribution in [-0.2, 0) is 19.1 Å². The number of allylic oxidation sites excluding steroid dienone is 1. The normalized spacial score (nSPS) is 52.4. The average Bonchev–Trinajstić information content (AvgIpc) is 3.43. The van der Waals surface area contributed by atoms with Gasteiger partial charge in [0.25, 0.3) is 0 Å². The van der Waals surface area contributed by atoms with Gasteiger partial charge in [0.1, 0.15) is 17.8 Å². The minimum atomic E-state index is -0.719. The summed E-state index contributed by atoms with van der Waals surface area (Å²) in [6.45, 7) is 8.41. The van der Waals surface area contributed by atoms with Gasteiger partial charge in [0.05, 0.1) is 23.7 Å². The van der Waals surface area contributed by atoms with Crippen LogP contribution in [0.15, 0.2) is 23.3 Å². The summed E-state index contributed by atoms with van der Waals surface area (Å²) in [4.78, 5) is 25.8. The Morgan fingerprint density at radius 2 is 1.94 bits per heavy atom. The highest BCUT2D eigenvalue weighted by Crippen LogP contribution is 2.73. The number of cyclic esters (lactones) is 1. The first-order chi connectivity index (χ1) is 16.1. The molecule has 0 radical (unpaired) electrons. The molecule has 6 rings (SSSR count). The Labute approximate surface area is 201 Å². The number of aliphatic hydroxyl groups excluding tert-OH is 2. The molecule has 3 saturated carbocycles. The standard InChI is InChI=1S/C28H38O6/c1-14-11-21(33-25(32)17(14)13-29)15(2)18-5-6-19-16-12-24-28(34-24)23(31)8-7-22(30)27(28,4)20(16)9-10-26(18,19)3/h7-8,15-16,18-21,23-24,29,31H,5-6,9-13H2,1-4H3/t15-,16?,18+,19?,20?,21?,23-,24+,26?,27?,28+/m0/s1. The number of ether oxygens (including phenoxy) is 2. The SMILES string of the molecule is CC1=C(CO)C(=O)OC([C@@H](C)[C@H]2CCC3C4C[C@H]5O[C@]56[C@@H](O)C=CC(=O)C6(C)C4CCC32C)C1. The molecule has 6 heteroatoms. The number of fused-ring (bicyclic) bond motifs is 4. The van der Waals surface area contributed by atoms with Crippen molar-refractivity contribution in [1.82, 2.24) is 0 Å². The van der Waals surface area contributed by atoms with Crippen LogP contribution in [0.3, 0.4) is 0 Å². The molecule has 4 aliphatic carbocycles. The molecule has 1 spiro atoms. The Morgan fingerprint density at radius 1 is 1.18 bits per heavy atom. The third kappa shape index (κ3) is 2.63. The van der Waals surface area contributed by atoms with Crippen LogP contribution >= 0.6 is 0 Å². The lowest BCUT2D eigenvalue weighted by Gasteiger charge is -2.58. The van der Waals surface area contributed by atoms with Gasteiger partial charge in [-0.25, -0.2) is 4.79 Å². The van der Waals surface area contributed by atoms with Crippen LogP contribution in [0.5, 0.6) is 0 Å². The molecule has 186 valence electrons. The average molecular weight is 471 g/mol. The molecule has 2 N–H and O–H groups in total. The van der Waals surface area contributed by atoms with Crippen molar-refractivity contribution < 1.29 is 29.3 Å². The van der Waals surface area contributed by atoms with Crippen LogP contribution in [0.1, 0.15) is 66.2 Å². The molecule has 6 unspecified atom stereocenters. The lowest BCUT2D eigenvalue weighted by Crippen LogP contribution is -2.63. The molecule has 6 aliphatic rings. The van der Waals surface area contributed by atoms with E-state index in [0.717, 1.165) is 37.7 Å². The van der Waals surface area contributed by atoms with Crippen molar-refractivity contribution in [3.05, 3.63) is 23.3 Å². The number of epoxide rings is 1. The lowest BCUT2D eigenvalue weighted by atomic mass is 9.44. The molecule has 4 fully saturated rings. The molecule has 0 amide bonds. The van der Waals surface area contributed by atoms with Crippen molar-refractivity contribution in [2.75, 3.05) is 6.61 Å². The van der Waals surface area contributed by atoms with Crippen LogP contribution in [0.4, 0.5) is 0 Å². The predicted octanol–water partition coefficient (Wildman–Crippen LogP) is 3.35. The fourth-order valence-corrected chi connectivity index (χ4v) is 9.69. The van der Waals surface area contributed by atoms with Gasteiger partial charge < -0.3 is 19.7 Å². The third-order valence-electron chi connectivity index (χ3n) is 11.6. The third-order valence-corrected chi connectivity index (χ3v) is 11.6. The minimum Gasteiger partial charge on any atom is -0.458 e. The molecule has 34 heavy (non-hydrogen) atoms. The first kappa shape index (κ1) is 22.9. The first-order valence-corrected chi connectivity index (χ1v) is 13.2. The highest BCUT2D eigenvalue weighted by molar-refractivity contribution is 5.98. The second-order valence-corrected chi connectivity index (χ2v) is 12.5. The zero-order valence-electron chi connectivity index (χ0n) is 20.8. The van der Waals surface area contributed by atoms with Gasteiger partial charge in [-0.05, 0) is 93.1 Å². The summed E-state index contributed by atoms with van der Waals surface area (Å²) >= 11 is 0. The van der Waals surface area contributed by atoms with Crippen molar-refractivity contribution in [1.29, 1.82) is 0 Å². The fraction of sp³-hybridized carbons (Fsp3) is 0.786. The van der Waals surface area contributed by atoms with Gasteiger partial charge in [0.15, 0.2) is 5.78 Å². The minimum absolute atomic E-state index is 0.0366. The van der Waals surface area contributed by atoms with E-state index in [4.69, 9.17) is 9.47 Å². The Kier molecular flexibility index (Phi) is 4.90. The topological polar surface area (TPSA) is 96.4 Å². The number of esters is 1. The summed E-state index contributed by atoms with van der Waals surface area (Å²) in [6.07, 6.45) is 8.23. The van der Waals surface area contributed by atoms with Crippen molar-refractivity contribution in [3.8, 4) is 0 Å². The van der Waals surface area contributed by atoms with E-state index < -0.39 is 17.1 Å². The van der Waals surface area contributed by atoms with Crippen molar-refractivity contribution >= 4 is 11.8 Å². The van der Waals surface area contributed by atoms with Gasteiger partial charge in [-0.1, -0.05) is 19.4 Å². The molecule has 1 saturated heterocycles. The van der Waals surface area contributed by atoms with Gasteiger partial charge >= 0.3 is 5.97 Å². The summed E-state index contributed by atoms with van der Waals surface area (Å²) < 4.78 is 12.1. The van der Waals surface area contributed by atoms with Crippen LogP contribution in [0.2, 0.25) is 0 Å². The number of hydrogen-bond acceptors (Lipinski definition) is 6. The van der Waals surface area contributed by atoms with E-state index in [0.29, 0.717) is 29.7 Å². The largest absolute Gasteiger partial charge is 0.458 e. The van der Waals surface area contributed by atoms with Crippen LogP contribution in [0.25, 0.3) is 0 Å². The van der Waals surface area contributed by atoms with E-state index in [2.05, 4.69) is 20.8 Å². The maximum Gasteiger partial charge on any atom is 0.336 e.